The Morgan fingerprint density at radius 1 is 1.00 bits per heavy atom. The molecule has 0 saturated heterocycles. The van der Waals surface area contributed by atoms with E-state index in [-0.39, 0.29) is 0 Å². The zero-order valence-electron chi connectivity index (χ0n) is 15.4. The highest BCUT2D eigenvalue weighted by Crippen LogP contribution is 2.72. The summed E-state index contributed by atoms with van der Waals surface area (Å²) in [5.74, 6) is -1.41. The topological polar surface area (TPSA) is 26.3 Å². The number of hydrogen-bond acceptors (Lipinski definition) is 4. The van der Waals surface area contributed by atoms with Crippen molar-refractivity contribution in [2.75, 3.05) is 12.4 Å². The number of rotatable bonds is 14. The van der Waals surface area contributed by atoms with Gasteiger partial charge in [-0.25, -0.2) is 0 Å². The maximum atomic E-state index is 13.2. The highest BCUT2D eigenvalue weighted by atomic mass is 33.1. The van der Waals surface area contributed by atoms with Crippen molar-refractivity contribution in [2.45, 2.75) is 70.6 Å². The fraction of sp³-hybridized carbons (Fsp3) is 0.684. The van der Waals surface area contributed by atoms with E-state index >= 15 is 0 Å². The summed E-state index contributed by atoms with van der Waals surface area (Å²) in [6.07, 6.45) is 8.98. The van der Waals surface area contributed by atoms with E-state index in [1.807, 2.05) is 30.3 Å². The highest BCUT2D eigenvalue weighted by Gasteiger charge is 2.26. The van der Waals surface area contributed by atoms with Gasteiger partial charge < -0.3 is 4.52 Å². The van der Waals surface area contributed by atoms with Gasteiger partial charge in [0.15, 0.2) is 0 Å². The van der Waals surface area contributed by atoms with Gasteiger partial charge in [-0.15, -0.1) is 0 Å². The molecular formula is C19H33O2PS2. The lowest BCUT2D eigenvalue weighted by Crippen LogP contribution is -1.98. The minimum atomic E-state index is -2.73. The highest BCUT2D eigenvalue weighted by molar-refractivity contribution is 8.89. The first-order chi connectivity index (χ1) is 11.6. The summed E-state index contributed by atoms with van der Waals surface area (Å²) in [5, 5.41) is 0. The normalized spacial score (nSPS) is 14.0. The quantitative estimate of drug-likeness (QED) is 0.238. The molecule has 0 radical (unpaired) electrons. The third kappa shape index (κ3) is 10.9. The molecule has 0 aliphatic heterocycles. The molecular weight excluding hydrogens is 355 g/mol. The fourth-order valence-electron chi connectivity index (χ4n) is 2.18. The monoisotopic (exact) mass is 388 g/mol. The van der Waals surface area contributed by atoms with Crippen molar-refractivity contribution in [3.63, 3.8) is 0 Å². The molecule has 0 aliphatic carbocycles. The van der Waals surface area contributed by atoms with Crippen molar-refractivity contribution in [2.24, 2.45) is 5.92 Å². The SMILES string of the molecule is CCCCCCCCCSP(=O)(OCC(C)C)Sc1ccccc1. The predicted octanol–water partition coefficient (Wildman–Crippen LogP) is 8.04. The average molecular weight is 389 g/mol. The second-order valence-electron chi connectivity index (χ2n) is 6.50. The molecule has 1 unspecified atom stereocenters. The molecule has 1 rings (SSSR count). The van der Waals surface area contributed by atoms with E-state index in [9.17, 15) is 4.57 Å². The zero-order chi connectivity index (χ0) is 17.7. The third-order valence-electron chi connectivity index (χ3n) is 3.52. The Balaban J connectivity index is 2.37. The van der Waals surface area contributed by atoms with Crippen LogP contribution in [0.15, 0.2) is 35.2 Å². The molecule has 0 bridgehead atoms. The zero-order valence-corrected chi connectivity index (χ0v) is 17.9. The maximum Gasteiger partial charge on any atom is 0.317 e. The van der Waals surface area contributed by atoms with Crippen LogP contribution in [0, 0.1) is 5.92 Å². The molecule has 0 fully saturated rings. The maximum absolute atomic E-state index is 13.2. The van der Waals surface area contributed by atoms with Crippen LogP contribution in [0.5, 0.6) is 0 Å². The second kappa shape index (κ2) is 13.3. The molecule has 0 N–H and O–H groups in total. The van der Waals surface area contributed by atoms with Gasteiger partial charge in [-0.3, -0.25) is 4.57 Å². The van der Waals surface area contributed by atoms with Gasteiger partial charge in [0, 0.05) is 10.6 Å². The van der Waals surface area contributed by atoms with E-state index in [2.05, 4.69) is 20.8 Å². The van der Waals surface area contributed by atoms with Crippen molar-refractivity contribution in [3.05, 3.63) is 30.3 Å². The van der Waals surface area contributed by atoms with Gasteiger partial charge in [0.2, 0.25) is 0 Å². The van der Waals surface area contributed by atoms with E-state index in [0.717, 1.165) is 17.1 Å². The van der Waals surface area contributed by atoms with E-state index in [1.54, 1.807) is 0 Å². The predicted molar refractivity (Wildman–Crippen MR) is 111 cm³/mol. The summed E-state index contributed by atoms with van der Waals surface area (Å²) in [7, 11) is 0. The van der Waals surface area contributed by atoms with Gasteiger partial charge in [-0.05, 0) is 35.9 Å². The Labute approximate surface area is 156 Å². The summed E-state index contributed by atoms with van der Waals surface area (Å²) < 4.78 is 19.0. The van der Waals surface area contributed by atoms with E-state index in [1.165, 1.54) is 61.3 Å². The first-order valence-electron chi connectivity index (χ1n) is 9.19. The minimum Gasteiger partial charge on any atom is -0.313 e. The van der Waals surface area contributed by atoms with E-state index in [0.29, 0.717) is 12.5 Å². The van der Waals surface area contributed by atoms with Crippen LogP contribution >= 0.6 is 28.5 Å². The summed E-state index contributed by atoms with van der Waals surface area (Å²) >= 11 is 2.93. The van der Waals surface area contributed by atoms with Crippen molar-refractivity contribution >= 4 is 28.5 Å². The van der Waals surface area contributed by atoms with E-state index < -0.39 is 5.77 Å². The van der Waals surface area contributed by atoms with Crippen LogP contribution < -0.4 is 0 Å². The van der Waals surface area contributed by atoms with Crippen LogP contribution in [0.2, 0.25) is 0 Å². The van der Waals surface area contributed by atoms with Crippen LogP contribution in [-0.2, 0) is 9.09 Å². The molecule has 0 saturated carbocycles. The number of unbranched alkanes of at least 4 members (excludes halogenated alkanes) is 6. The fourth-order valence-corrected chi connectivity index (χ4v) is 8.95. The lowest BCUT2D eigenvalue weighted by atomic mass is 10.1. The Hall–Kier alpha value is 0.110. The van der Waals surface area contributed by atoms with E-state index in [4.69, 9.17) is 4.52 Å². The summed E-state index contributed by atoms with van der Waals surface area (Å²) in [5.41, 5.74) is 0. The molecule has 0 amide bonds. The van der Waals surface area contributed by atoms with Gasteiger partial charge >= 0.3 is 5.77 Å². The Morgan fingerprint density at radius 3 is 2.25 bits per heavy atom. The first kappa shape index (κ1) is 22.2. The molecule has 1 aromatic carbocycles. The molecule has 0 aliphatic rings. The minimum absolute atomic E-state index is 0.397. The molecule has 138 valence electrons. The van der Waals surface area contributed by atoms with Crippen molar-refractivity contribution < 1.29 is 9.09 Å². The molecule has 2 nitrogen and oxygen atoms in total. The van der Waals surface area contributed by atoms with Crippen LogP contribution in [0.25, 0.3) is 0 Å². The van der Waals surface area contributed by atoms with Gasteiger partial charge in [-0.2, -0.15) is 0 Å². The van der Waals surface area contributed by atoms with Crippen LogP contribution in [0.4, 0.5) is 0 Å². The van der Waals surface area contributed by atoms with Crippen molar-refractivity contribution in [3.8, 4) is 0 Å². The average Bonchev–Trinajstić information content (AvgIpc) is 2.56. The number of hydrogen-bond donors (Lipinski definition) is 0. The summed E-state index contributed by atoms with van der Waals surface area (Å²) in [4.78, 5) is 1.02. The smallest absolute Gasteiger partial charge is 0.313 e. The lowest BCUT2D eigenvalue weighted by Gasteiger charge is -2.18. The van der Waals surface area contributed by atoms with Gasteiger partial charge in [0.1, 0.15) is 0 Å². The Bertz CT molecular complexity index is 466. The standard InChI is InChI=1S/C19H33O2PS2/c1-4-5-6-7-8-9-13-16-23-22(20,21-17-18(2)3)24-19-14-11-10-12-15-19/h10-12,14-15,18H,4-9,13,16-17H2,1-3H3. The van der Waals surface area contributed by atoms with Gasteiger partial charge in [-0.1, -0.05) is 88.9 Å². The number of benzene rings is 1. The molecule has 5 heteroatoms. The van der Waals surface area contributed by atoms with Gasteiger partial charge in [0.05, 0.1) is 6.61 Å². The molecule has 0 spiro atoms. The molecule has 1 aromatic rings. The van der Waals surface area contributed by atoms with Crippen LogP contribution in [0.1, 0.15) is 65.7 Å². The van der Waals surface area contributed by atoms with Gasteiger partial charge in [0.25, 0.3) is 0 Å². The lowest BCUT2D eigenvalue weighted by molar-refractivity contribution is 0.288. The second-order valence-corrected chi connectivity index (χ2v) is 13.9. The van der Waals surface area contributed by atoms with Crippen molar-refractivity contribution in [1.29, 1.82) is 0 Å². The Morgan fingerprint density at radius 2 is 1.62 bits per heavy atom. The molecule has 0 aromatic heterocycles. The third-order valence-corrected chi connectivity index (χ3v) is 10.5. The van der Waals surface area contributed by atoms with Crippen LogP contribution in [-0.4, -0.2) is 12.4 Å². The summed E-state index contributed by atoms with van der Waals surface area (Å²) in [6.45, 7) is 6.99. The molecule has 24 heavy (non-hydrogen) atoms. The Kier molecular flexibility index (Phi) is 12.3. The molecule has 1 atom stereocenters. The summed E-state index contributed by atoms with van der Waals surface area (Å²) in [6, 6.07) is 9.95. The largest absolute Gasteiger partial charge is 0.317 e. The first-order valence-corrected chi connectivity index (χ1v) is 13.8. The van der Waals surface area contributed by atoms with Crippen molar-refractivity contribution in [1.82, 2.24) is 0 Å². The molecule has 0 heterocycles. The van der Waals surface area contributed by atoms with Crippen LogP contribution in [0.3, 0.4) is 0 Å².